The minimum Gasteiger partial charge on any atom is -0.481 e. The summed E-state index contributed by atoms with van der Waals surface area (Å²) in [5.74, 6) is 0.751. The molecule has 1 aliphatic rings. The molecule has 5 nitrogen and oxygen atoms in total. The molecule has 0 saturated carbocycles. The Morgan fingerprint density at radius 2 is 1.80 bits per heavy atom. The second-order valence-corrected chi connectivity index (χ2v) is 7.61. The van der Waals surface area contributed by atoms with Gasteiger partial charge in [0.1, 0.15) is 5.75 Å². The largest absolute Gasteiger partial charge is 0.481 e. The first-order chi connectivity index (χ1) is 11.8. The Kier molecular flexibility index (Phi) is 6.44. The van der Waals surface area contributed by atoms with E-state index in [2.05, 4.69) is 43.9 Å². The van der Waals surface area contributed by atoms with E-state index in [1.165, 1.54) is 5.56 Å². The number of carbonyl (C=O) groups excluding carboxylic acids is 1. The van der Waals surface area contributed by atoms with Gasteiger partial charge >= 0.3 is 0 Å². The van der Waals surface area contributed by atoms with Crippen LogP contribution in [0.25, 0.3) is 0 Å². The van der Waals surface area contributed by atoms with Gasteiger partial charge in [0.2, 0.25) is 0 Å². The van der Waals surface area contributed by atoms with Crippen LogP contribution < -0.4 is 4.74 Å². The van der Waals surface area contributed by atoms with Crippen molar-refractivity contribution in [2.24, 2.45) is 0 Å². The van der Waals surface area contributed by atoms with Gasteiger partial charge in [-0.15, -0.1) is 0 Å². The van der Waals surface area contributed by atoms with Crippen LogP contribution in [0.2, 0.25) is 0 Å². The van der Waals surface area contributed by atoms with Crippen molar-refractivity contribution in [1.29, 1.82) is 5.26 Å². The minimum atomic E-state index is -0.494. The van der Waals surface area contributed by atoms with E-state index in [4.69, 9.17) is 10.00 Å². The molecule has 1 saturated heterocycles. The van der Waals surface area contributed by atoms with Crippen LogP contribution >= 0.6 is 0 Å². The summed E-state index contributed by atoms with van der Waals surface area (Å²) in [5.41, 5.74) is 1.35. The van der Waals surface area contributed by atoms with Gasteiger partial charge in [-0.3, -0.25) is 9.69 Å². The Hall–Kier alpha value is -2.06. The minimum absolute atomic E-state index is 0.0276. The zero-order valence-corrected chi connectivity index (χ0v) is 15.8. The van der Waals surface area contributed by atoms with E-state index in [9.17, 15) is 4.79 Å². The quantitative estimate of drug-likeness (QED) is 0.825. The molecule has 0 radical (unpaired) electrons. The Morgan fingerprint density at radius 3 is 2.32 bits per heavy atom. The normalized spacial score (nSPS) is 17.0. The number of carbonyl (C=O) groups is 1. The van der Waals surface area contributed by atoms with Gasteiger partial charge in [-0.1, -0.05) is 32.9 Å². The van der Waals surface area contributed by atoms with Gasteiger partial charge in [-0.25, -0.2) is 0 Å². The number of rotatable bonds is 5. The molecule has 136 valence electrons. The lowest BCUT2D eigenvalue weighted by molar-refractivity contribution is -0.139. The van der Waals surface area contributed by atoms with Crippen LogP contribution in [0, 0.1) is 11.3 Å². The van der Waals surface area contributed by atoms with Gasteiger partial charge in [0.05, 0.1) is 6.07 Å². The topological polar surface area (TPSA) is 56.6 Å². The number of piperazine rings is 1. The SMILES string of the molecule is CC(Oc1ccc(C(C)(C)C)cc1)C(=O)N1CCN(CCC#N)CC1. The molecule has 0 aliphatic carbocycles. The summed E-state index contributed by atoms with van der Waals surface area (Å²) >= 11 is 0. The van der Waals surface area contributed by atoms with Crippen molar-refractivity contribution in [2.75, 3.05) is 32.7 Å². The summed E-state index contributed by atoms with van der Waals surface area (Å²) in [5, 5.41) is 8.65. The third-order valence-electron chi connectivity index (χ3n) is 4.60. The standard InChI is InChI=1S/C20H29N3O2/c1-16(25-18-8-6-17(7-9-18)20(2,3)4)19(24)23-14-12-22(13-15-23)11-5-10-21/h6-9,16H,5,11-15H2,1-4H3. The van der Waals surface area contributed by atoms with Gasteiger partial charge in [-0.2, -0.15) is 5.26 Å². The van der Waals surface area contributed by atoms with E-state index in [1.54, 1.807) is 0 Å². The molecule has 1 fully saturated rings. The highest BCUT2D eigenvalue weighted by Crippen LogP contribution is 2.24. The lowest BCUT2D eigenvalue weighted by Crippen LogP contribution is -2.51. The molecule has 1 aromatic rings. The number of ether oxygens (including phenoxy) is 1. The summed E-state index contributed by atoms with van der Waals surface area (Å²) in [6.45, 7) is 12.1. The fourth-order valence-corrected chi connectivity index (χ4v) is 2.95. The van der Waals surface area contributed by atoms with Crippen molar-refractivity contribution < 1.29 is 9.53 Å². The van der Waals surface area contributed by atoms with Crippen molar-refractivity contribution in [2.45, 2.75) is 45.6 Å². The Labute approximate surface area is 151 Å². The molecule has 0 spiro atoms. The molecule has 2 rings (SSSR count). The van der Waals surface area contributed by atoms with Crippen molar-refractivity contribution >= 4 is 5.91 Å². The number of hydrogen-bond acceptors (Lipinski definition) is 4. The number of nitriles is 1. The first-order valence-corrected chi connectivity index (χ1v) is 8.96. The Bertz CT molecular complexity index is 605. The van der Waals surface area contributed by atoms with Crippen molar-refractivity contribution in [3.8, 4) is 11.8 Å². The fraction of sp³-hybridized carbons (Fsp3) is 0.600. The van der Waals surface area contributed by atoms with E-state index in [0.717, 1.165) is 25.4 Å². The Morgan fingerprint density at radius 1 is 1.20 bits per heavy atom. The van der Waals surface area contributed by atoms with Crippen molar-refractivity contribution in [1.82, 2.24) is 9.80 Å². The van der Waals surface area contributed by atoms with Gasteiger partial charge in [0.25, 0.3) is 5.91 Å². The summed E-state index contributed by atoms with van der Waals surface area (Å²) in [6, 6.07) is 10.1. The van der Waals surface area contributed by atoms with Crippen LogP contribution in [-0.2, 0) is 10.2 Å². The highest BCUT2D eigenvalue weighted by atomic mass is 16.5. The molecule has 1 unspecified atom stereocenters. The van der Waals surface area contributed by atoms with Crippen LogP contribution in [0.4, 0.5) is 0 Å². The van der Waals surface area contributed by atoms with Crippen LogP contribution in [0.1, 0.15) is 39.7 Å². The maximum Gasteiger partial charge on any atom is 0.263 e. The third kappa shape index (κ3) is 5.47. The lowest BCUT2D eigenvalue weighted by Gasteiger charge is -2.35. The smallest absolute Gasteiger partial charge is 0.263 e. The van der Waals surface area contributed by atoms with Gasteiger partial charge in [0, 0.05) is 39.1 Å². The molecular weight excluding hydrogens is 314 g/mol. The molecule has 25 heavy (non-hydrogen) atoms. The van der Waals surface area contributed by atoms with E-state index in [0.29, 0.717) is 19.5 Å². The van der Waals surface area contributed by atoms with Gasteiger partial charge < -0.3 is 9.64 Å². The maximum atomic E-state index is 12.6. The first kappa shape index (κ1) is 19.3. The van der Waals surface area contributed by atoms with Gasteiger partial charge in [0.15, 0.2) is 6.10 Å². The second-order valence-electron chi connectivity index (χ2n) is 7.61. The first-order valence-electron chi connectivity index (χ1n) is 8.96. The summed E-state index contributed by atoms with van der Waals surface area (Å²) < 4.78 is 5.84. The zero-order chi connectivity index (χ0) is 18.4. The average Bonchev–Trinajstić information content (AvgIpc) is 2.59. The fourth-order valence-electron chi connectivity index (χ4n) is 2.95. The highest BCUT2D eigenvalue weighted by molar-refractivity contribution is 5.81. The third-order valence-corrected chi connectivity index (χ3v) is 4.60. The number of hydrogen-bond donors (Lipinski definition) is 0. The second kappa shape index (κ2) is 8.35. The van der Waals surface area contributed by atoms with Crippen molar-refractivity contribution in [3.05, 3.63) is 29.8 Å². The number of nitrogens with zero attached hydrogens (tertiary/aromatic N) is 3. The summed E-state index contributed by atoms with van der Waals surface area (Å²) in [4.78, 5) is 16.7. The monoisotopic (exact) mass is 343 g/mol. The summed E-state index contributed by atoms with van der Waals surface area (Å²) in [6.07, 6.45) is 0.0454. The molecule has 0 aromatic heterocycles. The molecule has 1 aliphatic heterocycles. The molecular formula is C20H29N3O2. The molecule has 1 atom stereocenters. The van der Waals surface area contributed by atoms with E-state index in [-0.39, 0.29) is 11.3 Å². The van der Waals surface area contributed by atoms with Crippen LogP contribution in [0.5, 0.6) is 5.75 Å². The van der Waals surface area contributed by atoms with E-state index < -0.39 is 6.10 Å². The average molecular weight is 343 g/mol. The molecule has 5 heteroatoms. The van der Waals surface area contributed by atoms with Crippen LogP contribution in [0.3, 0.4) is 0 Å². The maximum absolute atomic E-state index is 12.6. The van der Waals surface area contributed by atoms with Crippen LogP contribution in [-0.4, -0.2) is 54.5 Å². The Balaban J connectivity index is 1.85. The molecule has 1 aromatic carbocycles. The molecule has 0 bridgehead atoms. The van der Waals surface area contributed by atoms with E-state index >= 15 is 0 Å². The van der Waals surface area contributed by atoms with E-state index in [1.807, 2.05) is 24.0 Å². The molecule has 1 heterocycles. The molecule has 1 amide bonds. The van der Waals surface area contributed by atoms with Crippen molar-refractivity contribution in [3.63, 3.8) is 0 Å². The van der Waals surface area contributed by atoms with Gasteiger partial charge in [-0.05, 0) is 30.0 Å². The lowest BCUT2D eigenvalue weighted by atomic mass is 9.87. The summed E-state index contributed by atoms with van der Waals surface area (Å²) in [7, 11) is 0. The predicted molar refractivity (Wildman–Crippen MR) is 98.5 cm³/mol. The number of benzene rings is 1. The predicted octanol–water partition coefficient (Wildman–Crippen LogP) is 2.81. The highest BCUT2D eigenvalue weighted by Gasteiger charge is 2.26. The molecule has 0 N–H and O–H groups in total. The number of amides is 1. The van der Waals surface area contributed by atoms with Crippen LogP contribution in [0.15, 0.2) is 24.3 Å². The zero-order valence-electron chi connectivity index (χ0n) is 15.8.